The van der Waals surface area contributed by atoms with Crippen molar-refractivity contribution in [3.63, 3.8) is 0 Å². The Morgan fingerprint density at radius 3 is 2.23 bits per heavy atom. The summed E-state index contributed by atoms with van der Waals surface area (Å²) >= 11 is 0. The molecule has 2 aromatic carbocycles. The van der Waals surface area contributed by atoms with E-state index in [0.29, 0.717) is 28.3 Å². The number of hydrogen-bond acceptors (Lipinski definition) is 3. The standard InChI is InChI=1S/C19H12F2N4O/c20-13-5-3-12(4-6-13)17-23-24-18-16(2-1-11-25(17)18)19(26)22-15-9-7-14(21)8-10-15/h1-11H,(H,22,26). The number of fused-ring (bicyclic) bond motifs is 1. The van der Waals surface area contributed by atoms with Crippen LogP contribution in [0.25, 0.3) is 17.0 Å². The van der Waals surface area contributed by atoms with Crippen LogP contribution in [0.4, 0.5) is 14.5 Å². The molecule has 0 aliphatic carbocycles. The fraction of sp³-hybridized carbons (Fsp3) is 0. The summed E-state index contributed by atoms with van der Waals surface area (Å²) in [5, 5.41) is 10.9. The Bertz CT molecular complexity index is 1090. The molecule has 0 bridgehead atoms. The van der Waals surface area contributed by atoms with E-state index in [1.807, 2.05) is 0 Å². The summed E-state index contributed by atoms with van der Waals surface area (Å²) in [6.45, 7) is 0. The minimum atomic E-state index is -0.389. The van der Waals surface area contributed by atoms with Crippen molar-refractivity contribution in [1.82, 2.24) is 14.6 Å². The maximum atomic E-state index is 13.1. The number of benzene rings is 2. The molecule has 0 radical (unpaired) electrons. The van der Waals surface area contributed by atoms with Crippen LogP contribution in [0.5, 0.6) is 0 Å². The lowest BCUT2D eigenvalue weighted by Crippen LogP contribution is -2.13. The Balaban J connectivity index is 1.71. The topological polar surface area (TPSA) is 59.3 Å². The van der Waals surface area contributed by atoms with Gasteiger partial charge in [-0.15, -0.1) is 10.2 Å². The third-order valence-corrected chi connectivity index (χ3v) is 3.88. The van der Waals surface area contributed by atoms with Gasteiger partial charge in [-0.2, -0.15) is 0 Å². The quantitative estimate of drug-likeness (QED) is 0.609. The smallest absolute Gasteiger partial charge is 0.259 e. The van der Waals surface area contributed by atoms with Gasteiger partial charge in [-0.3, -0.25) is 9.20 Å². The predicted molar refractivity (Wildman–Crippen MR) is 92.7 cm³/mol. The van der Waals surface area contributed by atoms with Gasteiger partial charge in [-0.1, -0.05) is 0 Å². The van der Waals surface area contributed by atoms with Crippen LogP contribution in [0.3, 0.4) is 0 Å². The molecule has 0 saturated heterocycles. The monoisotopic (exact) mass is 350 g/mol. The first-order chi connectivity index (χ1) is 12.6. The molecule has 0 aliphatic rings. The number of halogens is 2. The van der Waals surface area contributed by atoms with Crippen molar-refractivity contribution in [3.8, 4) is 11.4 Å². The van der Waals surface area contributed by atoms with E-state index in [4.69, 9.17) is 0 Å². The molecule has 0 spiro atoms. The minimum Gasteiger partial charge on any atom is -0.322 e. The van der Waals surface area contributed by atoms with Crippen molar-refractivity contribution in [3.05, 3.63) is 84.1 Å². The molecule has 0 fully saturated rings. The van der Waals surface area contributed by atoms with Gasteiger partial charge >= 0.3 is 0 Å². The van der Waals surface area contributed by atoms with Crippen molar-refractivity contribution in [2.75, 3.05) is 5.32 Å². The van der Waals surface area contributed by atoms with Crippen LogP contribution in [0.2, 0.25) is 0 Å². The molecule has 1 N–H and O–H groups in total. The van der Waals surface area contributed by atoms with E-state index in [-0.39, 0.29) is 17.5 Å². The molecule has 4 aromatic rings. The van der Waals surface area contributed by atoms with Gasteiger partial charge in [0.15, 0.2) is 11.5 Å². The molecule has 7 heteroatoms. The van der Waals surface area contributed by atoms with Gasteiger partial charge in [0, 0.05) is 17.4 Å². The Morgan fingerprint density at radius 2 is 1.54 bits per heavy atom. The van der Waals surface area contributed by atoms with E-state index in [1.165, 1.54) is 36.4 Å². The first-order valence-electron chi connectivity index (χ1n) is 7.78. The molecule has 2 heterocycles. The summed E-state index contributed by atoms with van der Waals surface area (Å²) in [6, 6.07) is 14.7. The van der Waals surface area contributed by atoms with E-state index in [2.05, 4.69) is 15.5 Å². The van der Waals surface area contributed by atoms with Crippen molar-refractivity contribution in [2.24, 2.45) is 0 Å². The normalized spacial score (nSPS) is 10.8. The highest BCUT2D eigenvalue weighted by atomic mass is 19.1. The van der Waals surface area contributed by atoms with Gasteiger partial charge in [0.25, 0.3) is 5.91 Å². The third kappa shape index (κ3) is 2.90. The van der Waals surface area contributed by atoms with Crippen LogP contribution < -0.4 is 5.32 Å². The largest absolute Gasteiger partial charge is 0.322 e. The fourth-order valence-electron chi connectivity index (χ4n) is 2.62. The van der Waals surface area contributed by atoms with E-state index >= 15 is 0 Å². The van der Waals surface area contributed by atoms with E-state index in [9.17, 15) is 13.6 Å². The predicted octanol–water partition coefficient (Wildman–Crippen LogP) is 3.93. The van der Waals surface area contributed by atoms with E-state index in [1.54, 1.807) is 34.9 Å². The number of carbonyl (C=O) groups excluding carboxylic acids is 1. The van der Waals surface area contributed by atoms with Crippen LogP contribution in [-0.2, 0) is 0 Å². The summed E-state index contributed by atoms with van der Waals surface area (Å²) in [6.07, 6.45) is 1.72. The van der Waals surface area contributed by atoms with E-state index in [0.717, 1.165) is 0 Å². The van der Waals surface area contributed by atoms with Gasteiger partial charge in [0.05, 0.1) is 5.56 Å². The molecule has 1 amide bonds. The summed E-state index contributed by atoms with van der Waals surface area (Å²) in [5.74, 6) is -0.620. The Morgan fingerprint density at radius 1 is 0.885 bits per heavy atom. The zero-order valence-electron chi connectivity index (χ0n) is 13.4. The molecular formula is C19H12F2N4O. The molecule has 4 rings (SSSR count). The minimum absolute atomic E-state index is 0.317. The first-order valence-corrected chi connectivity index (χ1v) is 7.78. The number of carbonyl (C=O) groups is 1. The van der Waals surface area contributed by atoms with Crippen molar-refractivity contribution >= 4 is 17.2 Å². The van der Waals surface area contributed by atoms with Crippen LogP contribution in [-0.4, -0.2) is 20.5 Å². The molecule has 0 saturated carbocycles. The summed E-state index contributed by atoms with van der Waals surface area (Å²) in [4.78, 5) is 12.6. The Labute approximate surface area is 146 Å². The maximum Gasteiger partial charge on any atom is 0.259 e. The third-order valence-electron chi connectivity index (χ3n) is 3.88. The van der Waals surface area contributed by atoms with Gasteiger partial charge in [-0.05, 0) is 60.7 Å². The highest BCUT2D eigenvalue weighted by Gasteiger charge is 2.16. The number of pyridine rings is 1. The highest BCUT2D eigenvalue weighted by Crippen LogP contribution is 2.21. The van der Waals surface area contributed by atoms with Crippen LogP contribution in [0.15, 0.2) is 66.9 Å². The SMILES string of the molecule is O=C(Nc1ccc(F)cc1)c1cccn2c(-c3ccc(F)cc3)nnc12. The number of nitrogens with one attached hydrogen (secondary N) is 1. The number of aromatic nitrogens is 3. The Hall–Kier alpha value is -3.61. The lowest BCUT2D eigenvalue weighted by Gasteiger charge is -2.06. The van der Waals surface area contributed by atoms with Crippen LogP contribution in [0, 0.1) is 11.6 Å². The van der Waals surface area contributed by atoms with Gasteiger partial charge in [0.1, 0.15) is 11.6 Å². The zero-order valence-corrected chi connectivity index (χ0v) is 13.4. The molecule has 2 aromatic heterocycles. The number of nitrogens with zero attached hydrogens (tertiary/aromatic N) is 3. The first kappa shape index (κ1) is 15.9. The summed E-state index contributed by atoms with van der Waals surface area (Å²) in [5.41, 5.74) is 1.83. The molecule has 0 unspecified atom stereocenters. The lowest BCUT2D eigenvalue weighted by atomic mass is 10.2. The fourth-order valence-corrected chi connectivity index (χ4v) is 2.62. The number of anilines is 1. The second-order valence-corrected chi connectivity index (χ2v) is 5.61. The average Bonchev–Trinajstić information content (AvgIpc) is 3.08. The summed E-state index contributed by atoms with van der Waals surface area (Å²) < 4.78 is 27.8. The second kappa shape index (κ2) is 6.36. The van der Waals surface area contributed by atoms with Crippen LogP contribution in [0.1, 0.15) is 10.4 Å². The molecule has 128 valence electrons. The van der Waals surface area contributed by atoms with Crippen molar-refractivity contribution < 1.29 is 13.6 Å². The Kier molecular flexibility index (Phi) is 3.89. The number of amides is 1. The van der Waals surface area contributed by atoms with Crippen molar-refractivity contribution in [1.29, 1.82) is 0 Å². The van der Waals surface area contributed by atoms with Crippen LogP contribution >= 0.6 is 0 Å². The highest BCUT2D eigenvalue weighted by molar-refractivity contribution is 6.08. The molecular weight excluding hydrogens is 338 g/mol. The lowest BCUT2D eigenvalue weighted by molar-refractivity contribution is 0.102. The molecule has 0 aliphatic heterocycles. The molecule has 5 nitrogen and oxygen atoms in total. The van der Waals surface area contributed by atoms with Gasteiger partial charge in [0.2, 0.25) is 0 Å². The number of hydrogen-bond donors (Lipinski definition) is 1. The molecule has 26 heavy (non-hydrogen) atoms. The zero-order chi connectivity index (χ0) is 18.1. The van der Waals surface area contributed by atoms with Gasteiger partial charge < -0.3 is 5.32 Å². The molecule has 0 atom stereocenters. The second-order valence-electron chi connectivity index (χ2n) is 5.61. The van der Waals surface area contributed by atoms with E-state index < -0.39 is 0 Å². The average molecular weight is 350 g/mol. The van der Waals surface area contributed by atoms with Gasteiger partial charge in [-0.25, -0.2) is 8.78 Å². The number of rotatable bonds is 3. The van der Waals surface area contributed by atoms with Crippen molar-refractivity contribution in [2.45, 2.75) is 0 Å². The maximum absolute atomic E-state index is 13.1. The summed E-state index contributed by atoms with van der Waals surface area (Å²) in [7, 11) is 0.